The van der Waals surface area contributed by atoms with E-state index in [-0.39, 0.29) is 12.5 Å². The zero-order valence-electron chi connectivity index (χ0n) is 13.0. The summed E-state index contributed by atoms with van der Waals surface area (Å²) in [6.45, 7) is 5.93. The molecule has 1 aromatic rings. The van der Waals surface area contributed by atoms with E-state index in [0.29, 0.717) is 31.9 Å². The lowest BCUT2D eigenvalue weighted by Gasteiger charge is -2.13. The number of benzene rings is 1. The molecule has 5 heteroatoms. The molecule has 0 saturated carbocycles. The Balaban J connectivity index is 2.68. The van der Waals surface area contributed by atoms with E-state index in [2.05, 4.69) is 12.2 Å². The zero-order chi connectivity index (χ0) is 15.5. The molecule has 3 N–H and O–H groups in total. The highest BCUT2D eigenvalue weighted by Crippen LogP contribution is 2.25. The van der Waals surface area contributed by atoms with Crippen molar-refractivity contribution in [2.24, 2.45) is 5.73 Å². The van der Waals surface area contributed by atoms with Gasteiger partial charge >= 0.3 is 0 Å². The van der Waals surface area contributed by atoms with E-state index in [0.717, 1.165) is 24.2 Å². The van der Waals surface area contributed by atoms with Crippen LogP contribution < -0.4 is 20.5 Å². The van der Waals surface area contributed by atoms with Crippen LogP contribution in [-0.4, -0.2) is 32.2 Å². The van der Waals surface area contributed by atoms with E-state index in [1.165, 1.54) is 0 Å². The second-order valence-corrected chi connectivity index (χ2v) is 4.80. The molecule has 0 aliphatic rings. The van der Waals surface area contributed by atoms with Crippen LogP contribution in [0.25, 0.3) is 0 Å². The highest BCUT2D eigenvalue weighted by atomic mass is 16.5. The number of carbonyl (C=O) groups excluding carboxylic acids is 1. The van der Waals surface area contributed by atoms with E-state index < -0.39 is 0 Å². The molecule has 1 amide bonds. The van der Waals surface area contributed by atoms with E-state index >= 15 is 0 Å². The number of nitrogens with one attached hydrogen (secondary N) is 1. The third-order valence-corrected chi connectivity index (χ3v) is 2.86. The maximum absolute atomic E-state index is 11.6. The minimum absolute atomic E-state index is 0.00873. The molecule has 0 bridgehead atoms. The molecular formula is C16H26N2O3. The van der Waals surface area contributed by atoms with Gasteiger partial charge in [-0.05, 0) is 37.4 Å². The molecular weight excluding hydrogens is 268 g/mol. The molecule has 21 heavy (non-hydrogen) atoms. The van der Waals surface area contributed by atoms with Crippen molar-refractivity contribution in [2.75, 3.05) is 26.3 Å². The maximum atomic E-state index is 11.6. The number of hydrogen-bond acceptors (Lipinski definition) is 4. The first-order valence-corrected chi connectivity index (χ1v) is 7.56. The Labute approximate surface area is 126 Å². The minimum atomic E-state index is -0.115. The summed E-state index contributed by atoms with van der Waals surface area (Å²) in [6.07, 6.45) is 2.56. The first-order valence-electron chi connectivity index (χ1n) is 7.56. The molecule has 0 heterocycles. The number of hydrogen-bond donors (Lipinski definition) is 2. The third-order valence-electron chi connectivity index (χ3n) is 2.86. The SMILES string of the molecule is CCCNC(=O)COc1cc(OCCC)ccc1CCN. The first-order chi connectivity index (χ1) is 10.2. The Bertz CT molecular complexity index is 436. The van der Waals surface area contributed by atoms with Crippen molar-refractivity contribution < 1.29 is 14.3 Å². The molecule has 1 aromatic carbocycles. The summed E-state index contributed by atoms with van der Waals surface area (Å²) in [5.41, 5.74) is 6.59. The quantitative estimate of drug-likeness (QED) is 0.691. The highest BCUT2D eigenvalue weighted by Gasteiger charge is 2.08. The molecule has 0 unspecified atom stereocenters. The van der Waals surface area contributed by atoms with Gasteiger partial charge in [-0.3, -0.25) is 4.79 Å². The van der Waals surface area contributed by atoms with Crippen molar-refractivity contribution in [2.45, 2.75) is 33.1 Å². The average Bonchev–Trinajstić information content (AvgIpc) is 2.50. The molecule has 0 aliphatic heterocycles. The maximum Gasteiger partial charge on any atom is 0.257 e. The van der Waals surface area contributed by atoms with Gasteiger partial charge in [0, 0.05) is 12.6 Å². The molecule has 0 fully saturated rings. The number of amides is 1. The standard InChI is InChI=1S/C16H26N2O3/c1-3-9-18-16(19)12-21-15-11-14(20-10-4-2)6-5-13(15)7-8-17/h5-6,11H,3-4,7-10,12,17H2,1-2H3,(H,18,19). The first kappa shape index (κ1) is 17.3. The fourth-order valence-electron chi connectivity index (χ4n) is 1.80. The van der Waals surface area contributed by atoms with Crippen molar-refractivity contribution in [3.63, 3.8) is 0 Å². The van der Waals surface area contributed by atoms with Crippen molar-refractivity contribution in [3.05, 3.63) is 23.8 Å². The molecule has 1 rings (SSSR count). The molecule has 5 nitrogen and oxygen atoms in total. The number of nitrogens with two attached hydrogens (primary N) is 1. The number of rotatable bonds is 10. The Morgan fingerprint density at radius 1 is 1.24 bits per heavy atom. The van der Waals surface area contributed by atoms with E-state index in [4.69, 9.17) is 15.2 Å². The van der Waals surface area contributed by atoms with Crippen molar-refractivity contribution >= 4 is 5.91 Å². The van der Waals surface area contributed by atoms with Crippen LogP contribution in [0.3, 0.4) is 0 Å². The van der Waals surface area contributed by atoms with Crippen LogP contribution in [0.4, 0.5) is 0 Å². The van der Waals surface area contributed by atoms with Crippen molar-refractivity contribution in [1.82, 2.24) is 5.32 Å². The lowest BCUT2D eigenvalue weighted by Crippen LogP contribution is -2.29. The topological polar surface area (TPSA) is 73.6 Å². The molecule has 0 spiro atoms. The van der Waals surface area contributed by atoms with Gasteiger partial charge in [-0.1, -0.05) is 19.9 Å². The van der Waals surface area contributed by atoms with E-state index in [1.54, 1.807) is 0 Å². The summed E-state index contributed by atoms with van der Waals surface area (Å²) in [5.74, 6) is 1.30. The molecule has 0 aromatic heterocycles. The second-order valence-electron chi connectivity index (χ2n) is 4.80. The van der Waals surface area contributed by atoms with Gasteiger partial charge in [0.05, 0.1) is 6.61 Å². The van der Waals surface area contributed by atoms with E-state index in [9.17, 15) is 4.79 Å². The lowest BCUT2D eigenvalue weighted by atomic mass is 10.1. The predicted octanol–water partition coefficient (Wildman–Crippen LogP) is 1.88. The second kappa shape index (κ2) is 10.0. The number of ether oxygens (including phenoxy) is 2. The molecule has 0 saturated heterocycles. The average molecular weight is 294 g/mol. The van der Waals surface area contributed by atoms with Crippen molar-refractivity contribution in [1.29, 1.82) is 0 Å². The number of carbonyl (C=O) groups is 1. The molecule has 0 radical (unpaired) electrons. The normalized spacial score (nSPS) is 10.2. The fraction of sp³-hybridized carbons (Fsp3) is 0.562. The largest absolute Gasteiger partial charge is 0.493 e. The van der Waals surface area contributed by atoms with Gasteiger partial charge in [-0.2, -0.15) is 0 Å². The summed E-state index contributed by atoms with van der Waals surface area (Å²) < 4.78 is 11.2. The lowest BCUT2D eigenvalue weighted by molar-refractivity contribution is -0.123. The van der Waals surface area contributed by atoms with Crippen molar-refractivity contribution in [3.8, 4) is 11.5 Å². The fourth-order valence-corrected chi connectivity index (χ4v) is 1.80. The summed E-state index contributed by atoms with van der Waals surface area (Å²) in [4.78, 5) is 11.6. The summed E-state index contributed by atoms with van der Waals surface area (Å²) in [6, 6.07) is 5.68. The van der Waals surface area contributed by atoms with Crippen LogP contribution in [0.15, 0.2) is 18.2 Å². The van der Waals surface area contributed by atoms with Crippen LogP contribution >= 0.6 is 0 Å². The Kier molecular flexibility index (Phi) is 8.28. The van der Waals surface area contributed by atoms with Gasteiger partial charge in [-0.25, -0.2) is 0 Å². The van der Waals surface area contributed by atoms with Gasteiger partial charge in [0.15, 0.2) is 6.61 Å². The van der Waals surface area contributed by atoms with Gasteiger partial charge in [0.2, 0.25) is 0 Å². The van der Waals surface area contributed by atoms with Gasteiger partial charge in [0.25, 0.3) is 5.91 Å². The monoisotopic (exact) mass is 294 g/mol. The van der Waals surface area contributed by atoms with Gasteiger partial charge in [0.1, 0.15) is 11.5 Å². The minimum Gasteiger partial charge on any atom is -0.493 e. The van der Waals surface area contributed by atoms with Gasteiger partial charge < -0.3 is 20.5 Å². The summed E-state index contributed by atoms with van der Waals surface area (Å²) in [5, 5.41) is 2.78. The molecule has 0 atom stereocenters. The summed E-state index contributed by atoms with van der Waals surface area (Å²) >= 11 is 0. The smallest absolute Gasteiger partial charge is 0.257 e. The van der Waals surface area contributed by atoms with Crippen LogP contribution in [0.2, 0.25) is 0 Å². The van der Waals surface area contributed by atoms with Crippen LogP contribution in [0, 0.1) is 0 Å². The van der Waals surface area contributed by atoms with Crippen LogP contribution in [0.1, 0.15) is 32.3 Å². The van der Waals surface area contributed by atoms with Crippen LogP contribution in [0.5, 0.6) is 11.5 Å². The zero-order valence-corrected chi connectivity index (χ0v) is 13.0. The van der Waals surface area contributed by atoms with E-state index in [1.807, 2.05) is 25.1 Å². The van der Waals surface area contributed by atoms with Crippen LogP contribution in [-0.2, 0) is 11.2 Å². The third kappa shape index (κ3) is 6.49. The highest BCUT2D eigenvalue weighted by molar-refractivity contribution is 5.77. The molecule has 0 aliphatic carbocycles. The Hall–Kier alpha value is -1.75. The molecule has 118 valence electrons. The van der Waals surface area contributed by atoms with Gasteiger partial charge in [-0.15, -0.1) is 0 Å². The Morgan fingerprint density at radius 3 is 2.71 bits per heavy atom. The summed E-state index contributed by atoms with van der Waals surface area (Å²) in [7, 11) is 0. The predicted molar refractivity (Wildman–Crippen MR) is 83.8 cm³/mol. The Morgan fingerprint density at radius 2 is 2.05 bits per heavy atom.